The molecule has 0 spiro atoms. The summed E-state index contributed by atoms with van der Waals surface area (Å²) in [5.74, 6) is -3.00. The van der Waals surface area contributed by atoms with Gasteiger partial charge in [-0.2, -0.15) is 4.98 Å². The molecule has 11 nitrogen and oxygen atoms in total. The zero-order chi connectivity index (χ0) is 25.3. The molecule has 1 aliphatic heterocycles. The Labute approximate surface area is 196 Å². The molecule has 1 fully saturated rings. The fourth-order valence-electron chi connectivity index (χ4n) is 3.59. The average Bonchev–Trinajstić information content (AvgIpc) is 3.04. The van der Waals surface area contributed by atoms with Crippen molar-refractivity contribution in [3.63, 3.8) is 0 Å². The lowest BCUT2D eigenvalue weighted by molar-refractivity contribution is -0.165. The van der Waals surface area contributed by atoms with Crippen molar-refractivity contribution < 1.29 is 37.7 Å². The van der Waals surface area contributed by atoms with E-state index in [1.54, 1.807) is 6.92 Å². The molecule has 2 heterocycles. The molecular weight excluding hydrogens is 453 g/mol. The number of hydrogen-bond acceptors (Lipinski definition) is 9. The number of anilines is 1. The van der Waals surface area contributed by atoms with Crippen LogP contribution in [0, 0.1) is 5.82 Å². The summed E-state index contributed by atoms with van der Waals surface area (Å²) >= 11 is 0. The number of rotatable bonds is 11. The van der Waals surface area contributed by atoms with Gasteiger partial charge in [0.05, 0.1) is 18.9 Å². The van der Waals surface area contributed by atoms with E-state index in [0.29, 0.717) is 6.42 Å². The van der Waals surface area contributed by atoms with Gasteiger partial charge in [0.2, 0.25) is 0 Å². The summed E-state index contributed by atoms with van der Waals surface area (Å²) in [6.45, 7) is 6.14. The molecule has 1 amide bonds. The fraction of sp³-hybridized carbons (Fsp3) is 0.682. The van der Waals surface area contributed by atoms with E-state index in [9.17, 15) is 23.6 Å². The highest BCUT2D eigenvalue weighted by molar-refractivity contribution is 5.83. The van der Waals surface area contributed by atoms with Gasteiger partial charge in [0, 0.05) is 13.8 Å². The topological polar surface area (TPSA) is 135 Å². The van der Waals surface area contributed by atoms with E-state index < -0.39 is 59.9 Å². The largest absolute Gasteiger partial charge is 0.456 e. The van der Waals surface area contributed by atoms with Crippen molar-refractivity contribution in [3.05, 3.63) is 22.5 Å². The molecule has 12 heteroatoms. The first-order chi connectivity index (χ1) is 16.1. The Bertz CT molecular complexity index is 922. The average molecular weight is 486 g/mol. The first kappa shape index (κ1) is 27.2. The quantitative estimate of drug-likeness (QED) is 0.285. The van der Waals surface area contributed by atoms with Crippen LogP contribution in [0.25, 0.3) is 0 Å². The second-order valence-electron chi connectivity index (χ2n) is 8.04. The number of aromatic nitrogens is 2. The summed E-state index contributed by atoms with van der Waals surface area (Å²) in [6, 6.07) is 0. The molecule has 4 atom stereocenters. The molecule has 1 saturated heterocycles. The summed E-state index contributed by atoms with van der Waals surface area (Å²) in [4.78, 5) is 51.1. The van der Waals surface area contributed by atoms with Crippen molar-refractivity contribution >= 4 is 23.8 Å². The van der Waals surface area contributed by atoms with Crippen LogP contribution in [0.5, 0.6) is 0 Å². The molecule has 1 aromatic rings. The van der Waals surface area contributed by atoms with E-state index in [0.717, 1.165) is 49.8 Å². The minimum absolute atomic E-state index is 0.159. The highest BCUT2D eigenvalue weighted by atomic mass is 19.1. The van der Waals surface area contributed by atoms with Crippen molar-refractivity contribution in [2.24, 2.45) is 0 Å². The van der Waals surface area contributed by atoms with Crippen molar-refractivity contribution in [3.8, 4) is 0 Å². The summed E-state index contributed by atoms with van der Waals surface area (Å²) < 4.78 is 36.4. The maximum Gasteiger partial charge on any atom is 0.412 e. The first-order valence-corrected chi connectivity index (χ1v) is 11.4. The van der Waals surface area contributed by atoms with Crippen molar-refractivity contribution in [2.75, 3.05) is 11.9 Å². The number of esters is 2. The van der Waals surface area contributed by atoms with E-state index in [1.165, 1.54) is 6.92 Å². The third-order valence-corrected chi connectivity index (χ3v) is 5.16. The van der Waals surface area contributed by atoms with Crippen molar-refractivity contribution in [1.29, 1.82) is 0 Å². The predicted molar refractivity (Wildman–Crippen MR) is 117 cm³/mol. The SMILES string of the molecule is CCCCCCCCOC(=O)Nc1nc(=O)n([C@@H]2O[C@H](C)[C@@H](OC(C)=O)[C@H]2OC(C)=O)cc1F. The Morgan fingerprint density at radius 1 is 1.09 bits per heavy atom. The third kappa shape index (κ3) is 7.79. The number of nitrogens with zero attached hydrogens (tertiary/aromatic N) is 2. The molecule has 2 rings (SSSR count). The van der Waals surface area contributed by atoms with Gasteiger partial charge in [-0.15, -0.1) is 0 Å². The maximum atomic E-state index is 14.7. The molecule has 0 unspecified atom stereocenters. The zero-order valence-electron chi connectivity index (χ0n) is 19.9. The Hall–Kier alpha value is -3.02. The number of amides is 1. The second-order valence-corrected chi connectivity index (χ2v) is 8.04. The lowest BCUT2D eigenvalue weighted by Crippen LogP contribution is -2.40. The van der Waals surface area contributed by atoms with Crippen LogP contribution < -0.4 is 11.0 Å². The smallest absolute Gasteiger partial charge is 0.412 e. The molecule has 0 aromatic carbocycles. The maximum absolute atomic E-state index is 14.7. The first-order valence-electron chi connectivity index (χ1n) is 11.4. The Morgan fingerprint density at radius 3 is 2.35 bits per heavy atom. The highest BCUT2D eigenvalue weighted by Crippen LogP contribution is 2.33. The van der Waals surface area contributed by atoms with Crippen molar-refractivity contribution in [1.82, 2.24) is 9.55 Å². The monoisotopic (exact) mass is 485 g/mol. The summed E-state index contributed by atoms with van der Waals surface area (Å²) in [5, 5.41) is 2.11. The van der Waals surface area contributed by atoms with E-state index in [4.69, 9.17) is 18.9 Å². The van der Waals surface area contributed by atoms with Crippen LogP contribution in [0.2, 0.25) is 0 Å². The van der Waals surface area contributed by atoms with Gasteiger partial charge >= 0.3 is 23.7 Å². The van der Waals surface area contributed by atoms with Gasteiger partial charge in [-0.3, -0.25) is 19.5 Å². The second kappa shape index (κ2) is 13.0. The lowest BCUT2D eigenvalue weighted by atomic mass is 10.1. The Kier molecular flexibility index (Phi) is 10.4. The minimum atomic E-state index is -1.30. The van der Waals surface area contributed by atoms with Gasteiger partial charge in [-0.05, 0) is 13.3 Å². The Balaban J connectivity index is 2.06. The van der Waals surface area contributed by atoms with Gasteiger partial charge in [-0.1, -0.05) is 39.0 Å². The van der Waals surface area contributed by atoms with E-state index >= 15 is 0 Å². The van der Waals surface area contributed by atoms with Crippen LogP contribution in [0.3, 0.4) is 0 Å². The number of hydrogen-bond donors (Lipinski definition) is 1. The molecule has 0 saturated carbocycles. The van der Waals surface area contributed by atoms with Crippen LogP contribution in [-0.4, -0.2) is 52.5 Å². The summed E-state index contributed by atoms with van der Waals surface area (Å²) in [7, 11) is 0. The van der Waals surface area contributed by atoms with E-state index in [-0.39, 0.29) is 6.61 Å². The van der Waals surface area contributed by atoms with Crippen LogP contribution in [-0.2, 0) is 28.5 Å². The molecular formula is C22H32FN3O8. The number of unbranched alkanes of at least 4 members (excludes halogenated alkanes) is 5. The molecule has 0 radical (unpaired) electrons. The highest BCUT2D eigenvalue weighted by Gasteiger charge is 2.48. The van der Waals surface area contributed by atoms with Crippen LogP contribution >= 0.6 is 0 Å². The van der Waals surface area contributed by atoms with Crippen LogP contribution in [0.15, 0.2) is 11.0 Å². The number of carbonyl (C=O) groups excluding carboxylic acids is 3. The van der Waals surface area contributed by atoms with E-state index in [2.05, 4.69) is 17.2 Å². The molecule has 34 heavy (non-hydrogen) atoms. The van der Waals surface area contributed by atoms with Gasteiger partial charge in [0.15, 0.2) is 30.1 Å². The van der Waals surface area contributed by atoms with E-state index in [1.807, 2.05) is 0 Å². The van der Waals surface area contributed by atoms with Gasteiger partial charge in [-0.25, -0.2) is 14.0 Å². The summed E-state index contributed by atoms with van der Waals surface area (Å²) in [6.07, 6.45) is 1.59. The number of carbonyl (C=O) groups is 3. The minimum Gasteiger partial charge on any atom is -0.456 e. The van der Waals surface area contributed by atoms with Crippen LogP contribution in [0.4, 0.5) is 15.0 Å². The standard InChI is InChI=1S/C22H32FN3O8/c1-5-6-7-8-9-10-11-31-22(30)25-19-16(23)12-26(21(29)24-19)20-18(34-15(4)28)17(13(2)32-20)33-14(3)27/h12-13,17-18,20H,5-11H2,1-4H3,(H,24,25,29,30)/t13-,17-,18-,20-/m1/s1. The van der Waals surface area contributed by atoms with Crippen LogP contribution in [0.1, 0.15) is 72.4 Å². The third-order valence-electron chi connectivity index (χ3n) is 5.16. The van der Waals surface area contributed by atoms with Crippen molar-refractivity contribution in [2.45, 2.75) is 90.8 Å². The molecule has 190 valence electrons. The summed E-state index contributed by atoms with van der Waals surface area (Å²) in [5.41, 5.74) is -0.981. The van der Waals surface area contributed by atoms with Gasteiger partial charge < -0.3 is 18.9 Å². The normalized spacial score (nSPS) is 21.7. The number of ether oxygens (including phenoxy) is 4. The Morgan fingerprint density at radius 2 is 1.71 bits per heavy atom. The lowest BCUT2D eigenvalue weighted by Gasteiger charge is -2.23. The molecule has 1 aliphatic rings. The van der Waals surface area contributed by atoms with Gasteiger partial charge in [0.1, 0.15) is 0 Å². The molecule has 1 N–H and O–H groups in total. The number of halogens is 1. The fourth-order valence-corrected chi connectivity index (χ4v) is 3.59. The predicted octanol–water partition coefficient (Wildman–Crippen LogP) is 3.07. The molecule has 0 aliphatic carbocycles. The molecule has 1 aromatic heterocycles. The number of nitrogens with one attached hydrogen (secondary N) is 1. The zero-order valence-corrected chi connectivity index (χ0v) is 19.9. The molecule has 0 bridgehead atoms. The van der Waals surface area contributed by atoms with Gasteiger partial charge in [0.25, 0.3) is 0 Å².